The molecule has 40 valence electrons. The summed E-state index contributed by atoms with van der Waals surface area (Å²) < 4.78 is 8.52. The Labute approximate surface area is 82.3 Å². The minimum Gasteiger partial charge on any atom is -0.813 e. The second-order valence-corrected chi connectivity index (χ2v) is 0.750. The first kappa shape index (κ1) is 23.1. The molecule has 0 amide bonds. The Kier molecular flexibility index (Phi) is 51.8. The van der Waals surface area contributed by atoms with E-state index in [4.69, 9.17) is 14.4 Å². The summed E-state index contributed by atoms with van der Waals surface area (Å²) in [6, 6.07) is 0. The SMILES string of the molecule is O.O=[PH]([O-])[O-].[AlH3].[Ca+2]. The van der Waals surface area contributed by atoms with Crippen LogP contribution < -0.4 is 9.79 Å². The number of rotatable bonds is 0. The van der Waals surface area contributed by atoms with Gasteiger partial charge in [-0.1, -0.05) is 8.25 Å². The van der Waals surface area contributed by atoms with Crippen LogP contribution >= 0.6 is 8.25 Å². The molecular formula is H6AlCaO4P. The van der Waals surface area contributed by atoms with Crippen molar-refractivity contribution in [2.24, 2.45) is 0 Å². The fourth-order valence-corrected chi connectivity index (χ4v) is 0. The minimum absolute atomic E-state index is 0. The van der Waals surface area contributed by atoms with Crippen molar-refractivity contribution in [1.82, 2.24) is 0 Å². The molecule has 0 spiro atoms. The monoisotopic (exact) mass is 168 g/mol. The Bertz CT molecular complexity index is 34.7. The van der Waals surface area contributed by atoms with Gasteiger partial charge in [0.15, 0.2) is 17.4 Å². The van der Waals surface area contributed by atoms with Crippen LogP contribution in [0.4, 0.5) is 0 Å². The van der Waals surface area contributed by atoms with Crippen LogP contribution in [-0.2, 0) is 4.57 Å². The van der Waals surface area contributed by atoms with E-state index in [2.05, 4.69) is 0 Å². The first-order chi connectivity index (χ1) is 1.73. The van der Waals surface area contributed by atoms with Crippen LogP contribution in [-0.4, -0.2) is 60.6 Å². The van der Waals surface area contributed by atoms with Gasteiger partial charge in [0.1, 0.15) is 0 Å². The summed E-state index contributed by atoms with van der Waals surface area (Å²) in [6.45, 7) is 0. The van der Waals surface area contributed by atoms with Crippen LogP contribution in [0.15, 0.2) is 0 Å². The average molecular weight is 168 g/mol. The van der Waals surface area contributed by atoms with Crippen LogP contribution in [0.5, 0.6) is 0 Å². The summed E-state index contributed by atoms with van der Waals surface area (Å²) in [7, 11) is -3.63. The summed E-state index contributed by atoms with van der Waals surface area (Å²) in [5, 5.41) is 0. The van der Waals surface area contributed by atoms with E-state index in [-0.39, 0.29) is 60.6 Å². The van der Waals surface area contributed by atoms with Crippen LogP contribution in [0.3, 0.4) is 0 Å². The molecule has 7 heavy (non-hydrogen) atoms. The van der Waals surface area contributed by atoms with E-state index in [0.717, 1.165) is 0 Å². The quantitative estimate of drug-likeness (QED) is 0.270. The molecule has 0 fully saturated rings. The average Bonchev–Trinajstić information content (AvgIpc) is 0.811. The molecule has 0 aliphatic heterocycles. The molecular weight excluding hydrogens is 162 g/mol. The van der Waals surface area contributed by atoms with Gasteiger partial charge in [-0.05, 0) is 0 Å². The number of hydrogen-bond donors (Lipinski definition) is 0. The minimum atomic E-state index is -3.63. The van der Waals surface area contributed by atoms with Gasteiger partial charge in [0, 0.05) is 0 Å². The van der Waals surface area contributed by atoms with Crippen LogP contribution in [0, 0.1) is 0 Å². The summed E-state index contributed by atoms with van der Waals surface area (Å²) in [5.41, 5.74) is 0. The predicted octanol–water partition coefficient (Wildman–Crippen LogP) is -4.29. The molecule has 4 nitrogen and oxygen atoms in total. The molecule has 0 aromatic heterocycles. The van der Waals surface area contributed by atoms with E-state index < -0.39 is 8.25 Å². The maximum Gasteiger partial charge on any atom is 2.00 e. The maximum atomic E-state index is 8.52. The fourth-order valence-electron chi connectivity index (χ4n) is 0. The van der Waals surface area contributed by atoms with Gasteiger partial charge < -0.3 is 19.8 Å². The zero-order chi connectivity index (χ0) is 3.58. The zero-order valence-corrected chi connectivity index (χ0v) is 6.14. The van der Waals surface area contributed by atoms with E-state index in [0.29, 0.717) is 0 Å². The van der Waals surface area contributed by atoms with Crippen molar-refractivity contribution in [3.05, 3.63) is 0 Å². The molecule has 0 aliphatic rings. The normalized spacial score (nSPS) is 5.00. The van der Waals surface area contributed by atoms with Gasteiger partial charge in [0.2, 0.25) is 0 Å². The Hall–Kier alpha value is 1.90. The summed E-state index contributed by atoms with van der Waals surface area (Å²) in [5.74, 6) is 0. The molecule has 0 aliphatic carbocycles. The van der Waals surface area contributed by atoms with Crippen LogP contribution in [0.25, 0.3) is 0 Å². The third-order valence-electron chi connectivity index (χ3n) is 0. The van der Waals surface area contributed by atoms with Crippen LogP contribution in [0.1, 0.15) is 0 Å². The molecule has 0 rings (SSSR count). The van der Waals surface area contributed by atoms with E-state index >= 15 is 0 Å². The van der Waals surface area contributed by atoms with Gasteiger partial charge in [-0.3, -0.25) is 0 Å². The molecule has 0 aromatic rings. The molecule has 0 bridgehead atoms. The van der Waals surface area contributed by atoms with Gasteiger partial charge in [0.05, 0.1) is 0 Å². The molecule has 7 heteroatoms. The van der Waals surface area contributed by atoms with E-state index in [1.54, 1.807) is 0 Å². The Morgan fingerprint density at radius 1 is 1.29 bits per heavy atom. The second kappa shape index (κ2) is 15.7. The van der Waals surface area contributed by atoms with Crippen molar-refractivity contribution >= 4 is 63.4 Å². The molecule has 0 saturated carbocycles. The molecule has 0 unspecified atom stereocenters. The first-order valence-electron chi connectivity index (χ1n) is 0.612. The molecule has 2 N–H and O–H groups in total. The first-order valence-corrected chi connectivity index (χ1v) is 1.84. The predicted molar refractivity (Wildman–Crippen MR) is 28.3 cm³/mol. The standard InChI is InChI=1S/Al.Ca.H3O3P.H2O.3H/c;;1-4(2)3;;;;/h;;4H,(H2,1,2,3);1H2;;;/q;+2;;;;;/p-2. The Morgan fingerprint density at radius 3 is 1.29 bits per heavy atom. The number of hydrogen-bond acceptors (Lipinski definition) is 3. The topological polar surface area (TPSA) is 94.7 Å². The van der Waals surface area contributed by atoms with Crippen molar-refractivity contribution in [1.29, 1.82) is 0 Å². The van der Waals surface area contributed by atoms with Crippen molar-refractivity contribution < 1.29 is 19.8 Å². The van der Waals surface area contributed by atoms with Crippen molar-refractivity contribution in [2.45, 2.75) is 0 Å². The molecule has 0 radical (unpaired) electrons. The second-order valence-electron chi connectivity index (χ2n) is 0.250. The van der Waals surface area contributed by atoms with Crippen LogP contribution in [0.2, 0.25) is 0 Å². The molecule has 0 aromatic carbocycles. The smallest absolute Gasteiger partial charge is 0.813 e. The summed E-state index contributed by atoms with van der Waals surface area (Å²) in [6.07, 6.45) is 0. The van der Waals surface area contributed by atoms with Crippen molar-refractivity contribution in [2.75, 3.05) is 0 Å². The van der Waals surface area contributed by atoms with Gasteiger partial charge in [-0.2, -0.15) is 0 Å². The van der Waals surface area contributed by atoms with E-state index in [1.165, 1.54) is 0 Å². The Balaban J connectivity index is -0.0000000150. The third kappa shape index (κ3) is 76.1. The molecule has 0 saturated heterocycles. The molecule has 0 heterocycles. The molecule has 0 atom stereocenters. The van der Waals surface area contributed by atoms with Gasteiger partial charge in [0.25, 0.3) is 0 Å². The summed E-state index contributed by atoms with van der Waals surface area (Å²) in [4.78, 5) is 17.0. The summed E-state index contributed by atoms with van der Waals surface area (Å²) >= 11 is 0. The Morgan fingerprint density at radius 2 is 1.29 bits per heavy atom. The zero-order valence-electron chi connectivity index (χ0n) is 2.93. The van der Waals surface area contributed by atoms with Crippen molar-refractivity contribution in [3.63, 3.8) is 0 Å². The van der Waals surface area contributed by atoms with Gasteiger partial charge in [-0.15, -0.1) is 0 Å². The largest absolute Gasteiger partial charge is 2.00 e. The third-order valence-corrected chi connectivity index (χ3v) is 0. The van der Waals surface area contributed by atoms with E-state index in [9.17, 15) is 0 Å². The van der Waals surface area contributed by atoms with Gasteiger partial charge in [-0.25, -0.2) is 0 Å². The van der Waals surface area contributed by atoms with E-state index in [1.807, 2.05) is 0 Å². The fraction of sp³-hybridized carbons (Fsp3) is 0. The van der Waals surface area contributed by atoms with Crippen molar-refractivity contribution in [3.8, 4) is 0 Å². The maximum absolute atomic E-state index is 8.52. The van der Waals surface area contributed by atoms with Gasteiger partial charge >= 0.3 is 37.7 Å².